The van der Waals surface area contributed by atoms with Gasteiger partial charge in [-0.3, -0.25) is 0 Å². The SMILES string of the molecule is [2H]C([2H])([2H])c1cnc(-c2cccc3c2[te]c2cc(C#N)ccc23)cc1-c1ccc(C2([2H])CCC(C)(C)CC2)cc1C([2H])([2H])[2H]. The molecule has 0 unspecified atom stereocenters. The van der Waals surface area contributed by atoms with E-state index in [1.807, 2.05) is 36.4 Å². The summed E-state index contributed by atoms with van der Waals surface area (Å²) in [5.74, 6) is -0.889. The van der Waals surface area contributed by atoms with Gasteiger partial charge in [-0.2, -0.15) is 0 Å². The number of rotatable bonds is 3. The van der Waals surface area contributed by atoms with Gasteiger partial charge >= 0.3 is 221 Å². The molecule has 1 saturated carbocycles. The maximum atomic E-state index is 9.41. The molecule has 0 bridgehead atoms. The predicted octanol–water partition coefficient (Wildman–Crippen LogP) is 8.95. The molecule has 3 aromatic carbocycles. The van der Waals surface area contributed by atoms with E-state index in [0.29, 0.717) is 40.8 Å². The Morgan fingerprint density at radius 1 is 0.946 bits per heavy atom. The number of pyridine rings is 1. The fraction of sp³-hybridized carbons (Fsp3) is 0.294. The molecule has 37 heavy (non-hydrogen) atoms. The van der Waals surface area contributed by atoms with Crippen LogP contribution in [0.1, 0.15) is 77.3 Å². The van der Waals surface area contributed by atoms with Crippen molar-refractivity contribution in [2.75, 3.05) is 0 Å². The van der Waals surface area contributed by atoms with Gasteiger partial charge in [0.25, 0.3) is 0 Å². The van der Waals surface area contributed by atoms with E-state index < -0.39 is 40.0 Å². The van der Waals surface area contributed by atoms with Crippen LogP contribution in [0, 0.1) is 30.4 Å². The van der Waals surface area contributed by atoms with Crippen molar-refractivity contribution in [3.05, 3.63) is 89.1 Å². The number of benzene rings is 3. The second kappa shape index (κ2) is 9.44. The Bertz CT molecular complexity index is 1950. The predicted molar refractivity (Wildman–Crippen MR) is 156 cm³/mol. The van der Waals surface area contributed by atoms with Gasteiger partial charge in [0, 0.05) is 0 Å². The average molecular weight is 603 g/mol. The molecule has 0 saturated heterocycles. The molecule has 0 aliphatic heterocycles. The third-order valence-corrected chi connectivity index (χ3v) is 11.2. The second-order valence-corrected chi connectivity index (χ2v) is 13.8. The molecule has 0 spiro atoms. The summed E-state index contributed by atoms with van der Waals surface area (Å²) in [6.45, 7) is -0.638. The molecule has 2 heterocycles. The maximum absolute atomic E-state index is 9.41. The second-order valence-electron chi connectivity index (χ2n) is 10.8. The van der Waals surface area contributed by atoms with Crippen LogP contribution in [0.3, 0.4) is 0 Å². The molecule has 1 fully saturated rings. The zero-order valence-electron chi connectivity index (χ0n) is 28.0. The Balaban J connectivity index is 1.54. The van der Waals surface area contributed by atoms with Crippen LogP contribution in [0.15, 0.2) is 66.9 Å². The molecular weight excluding hydrogens is 564 g/mol. The Labute approximate surface area is 239 Å². The zero-order chi connectivity index (χ0) is 31.7. The molecule has 1 aliphatic carbocycles. The first-order valence-corrected chi connectivity index (χ1v) is 14.9. The third-order valence-electron chi connectivity index (χ3n) is 7.73. The summed E-state index contributed by atoms with van der Waals surface area (Å²) in [7, 11) is 0. The van der Waals surface area contributed by atoms with Crippen LogP contribution >= 0.6 is 0 Å². The molecule has 2 aromatic heterocycles. The minimum absolute atomic E-state index is 0.00881. The molecule has 0 radical (unpaired) electrons. The van der Waals surface area contributed by atoms with Crippen molar-refractivity contribution in [1.82, 2.24) is 4.98 Å². The van der Waals surface area contributed by atoms with E-state index in [4.69, 9.17) is 8.22 Å². The van der Waals surface area contributed by atoms with Crippen molar-refractivity contribution in [3.63, 3.8) is 0 Å². The Kier molecular flexibility index (Phi) is 4.48. The van der Waals surface area contributed by atoms with Crippen LogP contribution in [-0.4, -0.2) is 25.4 Å². The summed E-state index contributed by atoms with van der Waals surface area (Å²) < 4.78 is 61.8. The van der Waals surface area contributed by atoms with Crippen LogP contribution in [-0.2, 0) is 0 Å². The van der Waals surface area contributed by atoms with E-state index in [-0.39, 0.29) is 16.5 Å². The number of hydrogen-bond acceptors (Lipinski definition) is 2. The molecule has 5 aromatic rings. The van der Waals surface area contributed by atoms with Gasteiger partial charge in [0.05, 0.1) is 0 Å². The minimum atomic E-state index is -2.52. The number of nitriles is 1. The van der Waals surface area contributed by atoms with E-state index in [1.165, 1.54) is 9.60 Å². The first-order valence-electron chi connectivity index (χ1n) is 16.1. The van der Waals surface area contributed by atoms with E-state index in [9.17, 15) is 6.63 Å². The molecule has 3 heteroatoms. The van der Waals surface area contributed by atoms with Crippen LogP contribution < -0.4 is 0 Å². The molecular formula is C34H32N2Te. The summed E-state index contributed by atoms with van der Waals surface area (Å²) in [6.07, 6.45) is 4.40. The molecule has 184 valence electrons. The number of fused-ring (bicyclic) bond motifs is 3. The van der Waals surface area contributed by atoms with Gasteiger partial charge in [0.15, 0.2) is 0 Å². The van der Waals surface area contributed by atoms with Crippen LogP contribution in [0.4, 0.5) is 0 Å². The van der Waals surface area contributed by atoms with Crippen molar-refractivity contribution in [2.45, 2.75) is 59.1 Å². The van der Waals surface area contributed by atoms with Crippen LogP contribution in [0.2, 0.25) is 0 Å². The van der Waals surface area contributed by atoms with Crippen molar-refractivity contribution in [3.8, 4) is 28.5 Å². The normalized spacial score (nSPS) is 20.1. The van der Waals surface area contributed by atoms with E-state index in [2.05, 4.69) is 31.0 Å². The van der Waals surface area contributed by atoms with Gasteiger partial charge in [0.1, 0.15) is 0 Å². The van der Waals surface area contributed by atoms with Crippen molar-refractivity contribution in [2.24, 2.45) is 5.41 Å². The number of hydrogen-bond donors (Lipinski definition) is 0. The number of aromatic nitrogens is 1. The third kappa shape index (κ3) is 4.52. The summed E-state index contributed by atoms with van der Waals surface area (Å²) in [5, 5.41) is 11.6. The first-order chi connectivity index (χ1) is 20.6. The molecule has 0 atom stereocenters. The Hall–Kier alpha value is -2.91. The molecule has 2 nitrogen and oxygen atoms in total. The quantitative estimate of drug-likeness (QED) is 0.193. The Morgan fingerprint density at radius 2 is 1.78 bits per heavy atom. The summed E-state index contributed by atoms with van der Waals surface area (Å²) >= 11 is -0.851. The summed E-state index contributed by atoms with van der Waals surface area (Å²) in [5.41, 5.74) is 3.59. The van der Waals surface area contributed by atoms with E-state index >= 15 is 0 Å². The van der Waals surface area contributed by atoms with E-state index in [1.54, 1.807) is 18.2 Å². The number of nitrogens with zero attached hydrogens (tertiary/aromatic N) is 2. The summed E-state index contributed by atoms with van der Waals surface area (Å²) in [6, 6.07) is 20.8. The van der Waals surface area contributed by atoms with Crippen LogP contribution in [0.25, 0.3) is 40.0 Å². The summed E-state index contributed by atoms with van der Waals surface area (Å²) in [4.78, 5) is 4.62. The van der Waals surface area contributed by atoms with Crippen molar-refractivity contribution < 1.29 is 9.60 Å². The standard InChI is InChI=1S/C34H32N2Te/c1-21-16-25(24-12-14-34(3,4)15-13-24)9-11-26(21)30-18-31(36-20-22(30)2)29-7-5-6-28-27-10-8-23(19-35)17-32(27)37-33(28)29/h5-11,16-18,20,24H,12-15H2,1-4H3/i1D3,2D3,24D. The van der Waals surface area contributed by atoms with Crippen molar-refractivity contribution >= 4 is 38.0 Å². The first kappa shape index (κ1) is 17.6. The molecule has 0 N–H and O–H groups in total. The monoisotopic (exact) mass is 605 g/mol. The average Bonchev–Trinajstić information content (AvgIpc) is 3.35. The fourth-order valence-electron chi connectivity index (χ4n) is 5.41. The molecule has 6 rings (SSSR count). The molecule has 1 aliphatic rings. The number of aryl methyl sites for hydroxylation is 2. The fourth-order valence-corrected chi connectivity index (χ4v) is 9.02. The zero-order valence-corrected chi connectivity index (χ0v) is 23.3. The van der Waals surface area contributed by atoms with Gasteiger partial charge in [-0.1, -0.05) is 13.8 Å². The van der Waals surface area contributed by atoms with Gasteiger partial charge in [-0.05, 0) is 5.41 Å². The Morgan fingerprint density at radius 3 is 2.57 bits per heavy atom. The van der Waals surface area contributed by atoms with Gasteiger partial charge in [-0.15, -0.1) is 0 Å². The van der Waals surface area contributed by atoms with Crippen molar-refractivity contribution in [1.29, 1.82) is 5.26 Å². The van der Waals surface area contributed by atoms with Crippen LogP contribution in [0.5, 0.6) is 0 Å². The van der Waals surface area contributed by atoms with Gasteiger partial charge in [0.2, 0.25) is 0 Å². The van der Waals surface area contributed by atoms with Gasteiger partial charge in [-0.25, -0.2) is 0 Å². The van der Waals surface area contributed by atoms with Gasteiger partial charge < -0.3 is 0 Å². The van der Waals surface area contributed by atoms with E-state index in [0.717, 1.165) is 32.6 Å². The topological polar surface area (TPSA) is 36.7 Å². The molecule has 0 amide bonds.